The number of pyridine rings is 1. The van der Waals surface area contributed by atoms with E-state index in [0.717, 1.165) is 35.6 Å². The molecule has 110 valence electrons. The van der Waals surface area contributed by atoms with Gasteiger partial charge < -0.3 is 9.30 Å². The number of aromatic nitrogens is 2. The standard InChI is InChI=1S/C18H18N4/c19-18(21-10-4-5-11-21)15-8-9-17-20-16(13-22(17)12-15)14-6-2-1-3-7-14/h1-3,6-9,12-13,19H,4-5,10-11H2. The van der Waals surface area contributed by atoms with Crippen LogP contribution >= 0.6 is 0 Å². The van der Waals surface area contributed by atoms with Crippen molar-refractivity contribution in [1.82, 2.24) is 14.3 Å². The van der Waals surface area contributed by atoms with E-state index in [9.17, 15) is 0 Å². The van der Waals surface area contributed by atoms with E-state index in [1.54, 1.807) is 0 Å². The Bertz CT molecular complexity index is 813. The van der Waals surface area contributed by atoms with Gasteiger partial charge in [0.25, 0.3) is 0 Å². The van der Waals surface area contributed by atoms with Gasteiger partial charge in [-0.2, -0.15) is 0 Å². The molecule has 1 aliphatic rings. The zero-order valence-electron chi connectivity index (χ0n) is 12.4. The average Bonchev–Trinajstić information content (AvgIpc) is 3.23. The number of hydrogen-bond acceptors (Lipinski definition) is 2. The molecule has 4 rings (SSSR count). The molecule has 22 heavy (non-hydrogen) atoms. The summed E-state index contributed by atoms with van der Waals surface area (Å²) in [7, 11) is 0. The predicted molar refractivity (Wildman–Crippen MR) is 88.3 cm³/mol. The Labute approximate surface area is 129 Å². The average molecular weight is 290 g/mol. The number of fused-ring (bicyclic) bond motifs is 1. The first-order valence-corrected chi connectivity index (χ1v) is 7.69. The fourth-order valence-corrected chi connectivity index (χ4v) is 3.00. The van der Waals surface area contributed by atoms with Gasteiger partial charge in [0.15, 0.2) is 0 Å². The number of imidazole rings is 1. The van der Waals surface area contributed by atoms with Gasteiger partial charge in [0.05, 0.1) is 5.69 Å². The summed E-state index contributed by atoms with van der Waals surface area (Å²) in [4.78, 5) is 6.81. The third kappa shape index (κ3) is 2.26. The van der Waals surface area contributed by atoms with Gasteiger partial charge in [-0.25, -0.2) is 4.98 Å². The van der Waals surface area contributed by atoms with Crippen LogP contribution in [0.15, 0.2) is 54.9 Å². The summed E-state index contributed by atoms with van der Waals surface area (Å²) in [6.45, 7) is 1.99. The molecule has 1 aliphatic heterocycles. The summed E-state index contributed by atoms with van der Waals surface area (Å²) >= 11 is 0. The van der Waals surface area contributed by atoms with E-state index in [2.05, 4.69) is 22.0 Å². The van der Waals surface area contributed by atoms with Gasteiger partial charge in [0.1, 0.15) is 11.5 Å². The summed E-state index contributed by atoms with van der Waals surface area (Å²) in [6, 6.07) is 14.2. The van der Waals surface area contributed by atoms with E-state index >= 15 is 0 Å². The number of hydrogen-bond donors (Lipinski definition) is 1. The SMILES string of the molecule is N=C(c1ccc2nc(-c3ccccc3)cn2c1)N1CCCC1. The zero-order valence-corrected chi connectivity index (χ0v) is 12.4. The monoisotopic (exact) mass is 290 g/mol. The largest absolute Gasteiger partial charge is 0.357 e. The minimum Gasteiger partial charge on any atom is -0.357 e. The second kappa shape index (κ2) is 5.30. The maximum Gasteiger partial charge on any atom is 0.137 e. The van der Waals surface area contributed by atoms with Crippen molar-refractivity contribution in [2.45, 2.75) is 12.8 Å². The molecule has 0 atom stereocenters. The number of nitrogens with zero attached hydrogens (tertiary/aromatic N) is 3. The second-order valence-electron chi connectivity index (χ2n) is 5.72. The summed E-state index contributed by atoms with van der Waals surface area (Å²) in [5.41, 5.74) is 3.94. The lowest BCUT2D eigenvalue weighted by Crippen LogP contribution is -2.27. The first kappa shape index (κ1) is 13.1. The lowest BCUT2D eigenvalue weighted by atomic mass is 10.2. The molecule has 0 aliphatic carbocycles. The van der Waals surface area contributed by atoms with Crippen molar-refractivity contribution in [3.8, 4) is 11.3 Å². The maximum atomic E-state index is 8.37. The van der Waals surface area contributed by atoms with Crippen LogP contribution in [0.1, 0.15) is 18.4 Å². The van der Waals surface area contributed by atoms with Crippen molar-refractivity contribution in [2.75, 3.05) is 13.1 Å². The molecular formula is C18H18N4. The fourth-order valence-electron chi connectivity index (χ4n) is 3.00. The molecule has 0 bridgehead atoms. The van der Waals surface area contributed by atoms with Crippen LogP contribution in [0.5, 0.6) is 0 Å². The molecule has 0 saturated carbocycles. The quantitative estimate of drug-likeness (QED) is 0.580. The van der Waals surface area contributed by atoms with E-state index < -0.39 is 0 Å². The van der Waals surface area contributed by atoms with Crippen molar-refractivity contribution in [2.24, 2.45) is 0 Å². The molecule has 1 fully saturated rings. The normalized spacial score (nSPS) is 14.6. The summed E-state index contributed by atoms with van der Waals surface area (Å²) in [5.74, 6) is 0.620. The summed E-state index contributed by atoms with van der Waals surface area (Å²) < 4.78 is 2.02. The van der Waals surface area contributed by atoms with Crippen molar-refractivity contribution in [3.63, 3.8) is 0 Å². The molecule has 0 unspecified atom stereocenters. The van der Waals surface area contributed by atoms with Gasteiger partial charge in [-0.3, -0.25) is 5.41 Å². The third-order valence-electron chi connectivity index (χ3n) is 4.22. The molecule has 0 amide bonds. The lowest BCUT2D eigenvalue weighted by molar-refractivity contribution is 0.517. The molecule has 4 nitrogen and oxygen atoms in total. The van der Waals surface area contributed by atoms with Crippen molar-refractivity contribution < 1.29 is 0 Å². The van der Waals surface area contributed by atoms with Crippen LogP contribution in [0.25, 0.3) is 16.9 Å². The fraction of sp³-hybridized carbons (Fsp3) is 0.222. The highest BCUT2D eigenvalue weighted by atomic mass is 15.2. The van der Waals surface area contributed by atoms with E-state index in [4.69, 9.17) is 5.41 Å². The topological polar surface area (TPSA) is 44.4 Å². The van der Waals surface area contributed by atoms with Crippen LogP contribution in [-0.4, -0.2) is 33.2 Å². The number of likely N-dealkylation sites (tertiary alicyclic amines) is 1. The number of nitrogens with one attached hydrogen (secondary N) is 1. The Morgan fingerprint density at radius 1 is 0.955 bits per heavy atom. The number of rotatable bonds is 2. The Morgan fingerprint density at radius 2 is 1.73 bits per heavy atom. The van der Waals surface area contributed by atoms with Gasteiger partial charge in [-0.15, -0.1) is 0 Å². The van der Waals surface area contributed by atoms with E-state index in [-0.39, 0.29) is 0 Å². The lowest BCUT2D eigenvalue weighted by Gasteiger charge is -2.18. The van der Waals surface area contributed by atoms with Crippen LogP contribution in [0.2, 0.25) is 0 Å². The van der Waals surface area contributed by atoms with Crippen LogP contribution in [0.4, 0.5) is 0 Å². The Balaban J connectivity index is 1.70. The van der Waals surface area contributed by atoms with Gasteiger partial charge >= 0.3 is 0 Å². The van der Waals surface area contributed by atoms with E-state index in [1.165, 1.54) is 12.8 Å². The molecule has 3 heterocycles. The number of amidine groups is 1. The Hall–Kier alpha value is -2.62. The highest BCUT2D eigenvalue weighted by Gasteiger charge is 2.16. The van der Waals surface area contributed by atoms with Gasteiger partial charge in [0, 0.05) is 36.6 Å². The highest BCUT2D eigenvalue weighted by Crippen LogP contribution is 2.20. The smallest absolute Gasteiger partial charge is 0.137 e. The zero-order chi connectivity index (χ0) is 14.9. The molecular weight excluding hydrogens is 272 g/mol. The first-order valence-electron chi connectivity index (χ1n) is 7.69. The van der Waals surface area contributed by atoms with Gasteiger partial charge in [-0.1, -0.05) is 30.3 Å². The molecule has 1 saturated heterocycles. The minimum absolute atomic E-state index is 0.620. The van der Waals surface area contributed by atoms with Crippen LogP contribution < -0.4 is 0 Å². The molecule has 0 spiro atoms. The van der Waals surface area contributed by atoms with Crippen LogP contribution in [-0.2, 0) is 0 Å². The number of benzene rings is 1. The summed E-state index contributed by atoms with van der Waals surface area (Å²) in [6.07, 6.45) is 6.42. The van der Waals surface area contributed by atoms with Crippen molar-refractivity contribution in [1.29, 1.82) is 5.41 Å². The highest BCUT2D eigenvalue weighted by molar-refractivity contribution is 5.96. The molecule has 1 N–H and O–H groups in total. The molecule has 4 heteroatoms. The van der Waals surface area contributed by atoms with E-state index in [0.29, 0.717) is 5.84 Å². The van der Waals surface area contributed by atoms with Gasteiger partial charge in [0.2, 0.25) is 0 Å². The van der Waals surface area contributed by atoms with Gasteiger partial charge in [-0.05, 0) is 25.0 Å². The van der Waals surface area contributed by atoms with E-state index in [1.807, 2.05) is 47.1 Å². The first-order chi connectivity index (χ1) is 10.8. The minimum atomic E-state index is 0.620. The molecule has 1 aromatic carbocycles. The van der Waals surface area contributed by atoms with Crippen molar-refractivity contribution in [3.05, 3.63) is 60.4 Å². The molecule has 3 aromatic rings. The maximum absolute atomic E-state index is 8.37. The third-order valence-corrected chi connectivity index (χ3v) is 4.22. The Kier molecular flexibility index (Phi) is 3.15. The second-order valence-corrected chi connectivity index (χ2v) is 5.72. The molecule has 2 aromatic heterocycles. The van der Waals surface area contributed by atoms with Crippen LogP contribution in [0.3, 0.4) is 0 Å². The summed E-state index contributed by atoms with van der Waals surface area (Å²) in [5, 5.41) is 8.37. The van der Waals surface area contributed by atoms with Crippen LogP contribution in [0, 0.1) is 5.41 Å². The predicted octanol–water partition coefficient (Wildman–Crippen LogP) is 3.42. The van der Waals surface area contributed by atoms with Crippen molar-refractivity contribution >= 4 is 11.5 Å². The molecule has 0 radical (unpaired) electrons. The Morgan fingerprint density at radius 3 is 2.50 bits per heavy atom.